The third kappa shape index (κ3) is 3.05. The van der Waals surface area contributed by atoms with E-state index in [1.807, 2.05) is 0 Å². The molecule has 0 amide bonds. The second-order valence-corrected chi connectivity index (χ2v) is 5.72. The Kier molecular flexibility index (Phi) is 3.87. The summed E-state index contributed by atoms with van der Waals surface area (Å²) in [6.07, 6.45) is 4.39. The average molecular weight is 272 g/mol. The molecule has 104 valence electrons. The van der Waals surface area contributed by atoms with E-state index < -0.39 is 0 Å². The molecule has 3 rings (SSSR count). The topological polar surface area (TPSA) is 0 Å². The first-order chi connectivity index (χ1) is 10.2. The van der Waals surface area contributed by atoms with Crippen molar-refractivity contribution in [2.24, 2.45) is 0 Å². The molecule has 3 aromatic carbocycles. The molecule has 0 saturated carbocycles. The van der Waals surface area contributed by atoms with Gasteiger partial charge < -0.3 is 0 Å². The zero-order valence-corrected chi connectivity index (χ0v) is 12.6. The van der Waals surface area contributed by atoms with E-state index >= 15 is 0 Å². The molecule has 0 heterocycles. The smallest absolute Gasteiger partial charge is 0.0111 e. The highest BCUT2D eigenvalue weighted by Gasteiger charge is 1.98. The molecule has 0 saturated heterocycles. The summed E-state index contributed by atoms with van der Waals surface area (Å²) < 4.78 is 0. The van der Waals surface area contributed by atoms with Crippen LogP contribution in [0.2, 0.25) is 0 Å². The molecule has 0 nitrogen and oxygen atoms in total. The van der Waals surface area contributed by atoms with Gasteiger partial charge >= 0.3 is 0 Å². The molecule has 0 radical (unpaired) electrons. The quantitative estimate of drug-likeness (QED) is 0.503. The molecule has 0 unspecified atom stereocenters. The monoisotopic (exact) mass is 272 g/mol. The van der Waals surface area contributed by atoms with Crippen molar-refractivity contribution in [2.45, 2.75) is 19.8 Å². The lowest BCUT2D eigenvalue weighted by atomic mass is 10.0. The summed E-state index contributed by atoms with van der Waals surface area (Å²) in [5.74, 6) is 0.584. The van der Waals surface area contributed by atoms with Crippen LogP contribution in [0.1, 0.15) is 36.5 Å². The molecular weight excluding hydrogens is 252 g/mol. The summed E-state index contributed by atoms with van der Waals surface area (Å²) in [6.45, 7) is 4.45. The zero-order chi connectivity index (χ0) is 14.7. The molecule has 0 aliphatic heterocycles. The maximum atomic E-state index is 2.22. The van der Waals surface area contributed by atoms with Crippen LogP contribution in [-0.2, 0) is 0 Å². The molecule has 21 heavy (non-hydrogen) atoms. The summed E-state index contributed by atoms with van der Waals surface area (Å²) in [5, 5.41) is 2.59. The van der Waals surface area contributed by atoms with Crippen molar-refractivity contribution in [3.8, 4) is 0 Å². The van der Waals surface area contributed by atoms with E-state index in [2.05, 4.69) is 92.7 Å². The molecule has 3 aromatic rings. The summed E-state index contributed by atoms with van der Waals surface area (Å²) in [6, 6.07) is 23.8. The zero-order valence-electron chi connectivity index (χ0n) is 12.6. The van der Waals surface area contributed by atoms with Crippen LogP contribution in [0.5, 0.6) is 0 Å². The average Bonchev–Trinajstić information content (AvgIpc) is 2.53. The fraction of sp³-hybridized carbons (Fsp3) is 0.143. The number of rotatable bonds is 3. The number of benzene rings is 3. The van der Waals surface area contributed by atoms with Crippen molar-refractivity contribution < 1.29 is 0 Å². The van der Waals surface area contributed by atoms with E-state index in [1.165, 1.54) is 27.5 Å². The van der Waals surface area contributed by atoms with Crippen LogP contribution in [-0.4, -0.2) is 0 Å². The van der Waals surface area contributed by atoms with E-state index in [0.717, 1.165) is 0 Å². The van der Waals surface area contributed by atoms with E-state index in [0.29, 0.717) is 5.92 Å². The van der Waals surface area contributed by atoms with Gasteiger partial charge in [-0.1, -0.05) is 92.7 Å². The van der Waals surface area contributed by atoms with Crippen LogP contribution in [0.15, 0.2) is 66.7 Å². The van der Waals surface area contributed by atoms with Gasteiger partial charge in [0, 0.05) is 0 Å². The summed E-state index contributed by atoms with van der Waals surface area (Å²) >= 11 is 0. The van der Waals surface area contributed by atoms with Crippen LogP contribution in [0, 0.1) is 0 Å². The molecule has 0 heteroatoms. The normalized spacial score (nSPS) is 11.6. The molecule has 0 atom stereocenters. The van der Waals surface area contributed by atoms with Crippen molar-refractivity contribution >= 4 is 22.9 Å². The Bertz CT molecular complexity index is 756. The maximum absolute atomic E-state index is 2.22. The lowest BCUT2D eigenvalue weighted by Crippen LogP contribution is -1.85. The molecule has 0 aliphatic rings. The van der Waals surface area contributed by atoms with Crippen LogP contribution in [0.25, 0.3) is 22.9 Å². The minimum absolute atomic E-state index is 0.584. The van der Waals surface area contributed by atoms with Gasteiger partial charge in [0.25, 0.3) is 0 Å². The van der Waals surface area contributed by atoms with Gasteiger partial charge in [0.05, 0.1) is 0 Å². The van der Waals surface area contributed by atoms with Gasteiger partial charge in [-0.3, -0.25) is 0 Å². The van der Waals surface area contributed by atoms with Crippen molar-refractivity contribution in [2.75, 3.05) is 0 Å². The lowest BCUT2D eigenvalue weighted by Gasteiger charge is -2.05. The van der Waals surface area contributed by atoms with Gasteiger partial charge in [-0.15, -0.1) is 0 Å². The van der Waals surface area contributed by atoms with Crippen LogP contribution < -0.4 is 0 Å². The predicted octanol–water partition coefficient (Wildman–Crippen LogP) is 6.13. The lowest BCUT2D eigenvalue weighted by molar-refractivity contribution is 0.866. The third-order valence-electron chi connectivity index (χ3n) is 3.88. The Balaban J connectivity index is 1.91. The van der Waals surface area contributed by atoms with Crippen molar-refractivity contribution in [1.82, 2.24) is 0 Å². The van der Waals surface area contributed by atoms with Gasteiger partial charge in [-0.2, -0.15) is 0 Å². The molecule has 0 spiro atoms. The first-order valence-electron chi connectivity index (χ1n) is 7.50. The third-order valence-corrected chi connectivity index (χ3v) is 3.88. The molecular formula is C21H20. The highest BCUT2D eigenvalue weighted by Crippen LogP contribution is 2.21. The number of hydrogen-bond donors (Lipinski definition) is 0. The number of hydrogen-bond acceptors (Lipinski definition) is 0. The first-order valence-corrected chi connectivity index (χ1v) is 7.50. The fourth-order valence-corrected chi connectivity index (χ4v) is 2.57. The highest BCUT2D eigenvalue weighted by atomic mass is 14.0. The Labute approximate surface area is 126 Å². The van der Waals surface area contributed by atoms with E-state index in [1.54, 1.807) is 0 Å². The van der Waals surface area contributed by atoms with Gasteiger partial charge in [-0.25, -0.2) is 0 Å². The summed E-state index contributed by atoms with van der Waals surface area (Å²) in [4.78, 5) is 0. The van der Waals surface area contributed by atoms with E-state index in [4.69, 9.17) is 0 Å². The second kappa shape index (κ2) is 5.97. The van der Waals surface area contributed by atoms with Gasteiger partial charge in [-0.05, 0) is 33.4 Å². The SMILES string of the molecule is CC(C)c1ccc(C=Cc2cccc3ccccc23)cc1. The largest absolute Gasteiger partial charge is 0.0616 e. The van der Waals surface area contributed by atoms with Crippen molar-refractivity contribution in [1.29, 1.82) is 0 Å². The Morgan fingerprint density at radius 3 is 2.19 bits per heavy atom. The van der Waals surface area contributed by atoms with Crippen LogP contribution in [0.3, 0.4) is 0 Å². The van der Waals surface area contributed by atoms with Crippen LogP contribution >= 0.6 is 0 Å². The molecule has 0 aromatic heterocycles. The van der Waals surface area contributed by atoms with Crippen molar-refractivity contribution in [3.63, 3.8) is 0 Å². The Morgan fingerprint density at radius 2 is 1.43 bits per heavy atom. The summed E-state index contributed by atoms with van der Waals surface area (Å²) in [5.41, 5.74) is 3.89. The fourth-order valence-electron chi connectivity index (χ4n) is 2.57. The molecule has 0 bridgehead atoms. The van der Waals surface area contributed by atoms with Gasteiger partial charge in [0.1, 0.15) is 0 Å². The molecule has 0 aliphatic carbocycles. The maximum Gasteiger partial charge on any atom is -0.0111 e. The van der Waals surface area contributed by atoms with Gasteiger partial charge in [0.15, 0.2) is 0 Å². The Hall–Kier alpha value is -2.34. The van der Waals surface area contributed by atoms with Gasteiger partial charge in [0.2, 0.25) is 0 Å². The number of fused-ring (bicyclic) bond motifs is 1. The second-order valence-electron chi connectivity index (χ2n) is 5.72. The Morgan fingerprint density at radius 1 is 0.714 bits per heavy atom. The highest BCUT2D eigenvalue weighted by molar-refractivity contribution is 5.92. The van der Waals surface area contributed by atoms with Crippen molar-refractivity contribution in [3.05, 3.63) is 83.4 Å². The summed E-state index contributed by atoms with van der Waals surface area (Å²) in [7, 11) is 0. The van der Waals surface area contributed by atoms with E-state index in [-0.39, 0.29) is 0 Å². The standard InChI is InChI=1S/C21H20/c1-16(2)18-13-10-17(11-14-18)12-15-20-8-5-7-19-6-3-4-9-21(19)20/h3-16H,1-2H3. The molecule has 0 N–H and O–H groups in total. The minimum atomic E-state index is 0.584. The first kappa shape index (κ1) is 13.6. The molecule has 0 fully saturated rings. The van der Waals surface area contributed by atoms with Crippen LogP contribution in [0.4, 0.5) is 0 Å². The van der Waals surface area contributed by atoms with E-state index in [9.17, 15) is 0 Å². The minimum Gasteiger partial charge on any atom is -0.0616 e. The predicted molar refractivity (Wildman–Crippen MR) is 93.4 cm³/mol.